The minimum atomic E-state index is 0.508. The van der Waals surface area contributed by atoms with Crippen LogP contribution in [0.5, 0.6) is 0 Å². The molecule has 0 radical (unpaired) electrons. The van der Waals surface area contributed by atoms with Crippen molar-refractivity contribution < 1.29 is 0 Å². The Hall–Kier alpha value is 0.1000. The molecule has 4 heteroatoms. The summed E-state index contributed by atoms with van der Waals surface area (Å²) < 4.78 is 1.22. The van der Waals surface area contributed by atoms with E-state index in [0.29, 0.717) is 12.0 Å². The molecule has 0 aromatic carbocycles. The van der Waals surface area contributed by atoms with Crippen LogP contribution in [0.4, 0.5) is 0 Å². The summed E-state index contributed by atoms with van der Waals surface area (Å²) in [5.41, 5.74) is 0. The molecule has 0 amide bonds. The van der Waals surface area contributed by atoms with Crippen LogP contribution in [0.25, 0.3) is 0 Å². The zero-order valence-electron chi connectivity index (χ0n) is 10.5. The van der Waals surface area contributed by atoms with Crippen molar-refractivity contribution in [2.45, 2.75) is 19.4 Å². The quantitative estimate of drug-likeness (QED) is 0.867. The van der Waals surface area contributed by atoms with Gasteiger partial charge in [0.1, 0.15) is 0 Å². The van der Waals surface area contributed by atoms with Gasteiger partial charge in [0, 0.05) is 10.9 Å². The molecule has 1 aromatic heterocycles. The largest absolute Gasteiger partial charge is 0.319 e. The summed E-state index contributed by atoms with van der Waals surface area (Å²) in [5.74, 6) is 0.658. The van der Waals surface area contributed by atoms with E-state index in [1.165, 1.54) is 15.1 Å². The van der Waals surface area contributed by atoms with E-state index in [4.69, 9.17) is 0 Å². The fourth-order valence-electron chi connectivity index (χ4n) is 2.14. The lowest BCUT2D eigenvalue weighted by molar-refractivity contribution is 0.208. The number of hydrogen-bond donors (Lipinski definition) is 1. The third-order valence-corrected chi connectivity index (χ3v) is 4.57. The second-order valence-corrected chi connectivity index (χ2v) is 6.77. The van der Waals surface area contributed by atoms with Gasteiger partial charge in [-0.25, -0.2) is 0 Å². The molecule has 0 bridgehead atoms. The summed E-state index contributed by atoms with van der Waals surface area (Å²) >= 11 is 5.38. The van der Waals surface area contributed by atoms with E-state index >= 15 is 0 Å². The number of hydrogen-bond acceptors (Lipinski definition) is 3. The second kappa shape index (κ2) is 6.74. The molecule has 0 saturated carbocycles. The van der Waals surface area contributed by atoms with Crippen LogP contribution < -0.4 is 5.32 Å². The van der Waals surface area contributed by atoms with Gasteiger partial charge in [0.25, 0.3) is 0 Å². The highest BCUT2D eigenvalue weighted by Crippen LogP contribution is 2.35. The molecule has 0 fully saturated rings. The van der Waals surface area contributed by atoms with Gasteiger partial charge in [0.05, 0.1) is 3.79 Å². The van der Waals surface area contributed by atoms with E-state index in [1.807, 2.05) is 18.4 Å². The number of rotatable bonds is 6. The van der Waals surface area contributed by atoms with Crippen molar-refractivity contribution in [3.05, 3.63) is 20.8 Å². The van der Waals surface area contributed by atoms with E-state index < -0.39 is 0 Å². The van der Waals surface area contributed by atoms with E-state index in [1.54, 1.807) is 0 Å². The number of halogens is 1. The standard InChI is InChI=1S/C12H21BrN2S/c1-5-9(8-14-2)12(15(3)4)10-6-7-11(13)16-10/h6-7,9,12,14H,5,8H2,1-4H3. The van der Waals surface area contributed by atoms with Crippen molar-refractivity contribution in [1.82, 2.24) is 10.2 Å². The Kier molecular flexibility index (Phi) is 5.97. The zero-order chi connectivity index (χ0) is 12.1. The molecule has 0 aliphatic carbocycles. The van der Waals surface area contributed by atoms with E-state index in [0.717, 1.165) is 6.54 Å². The van der Waals surface area contributed by atoms with Crippen LogP contribution in [0.15, 0.2) is 15.9 Å². The first-order valence-corrected chi connectivity index (χ1v) is 7.27. The number of nitrogens with one attached hydrogen (secondary N) is 1. The van der Waals surface area contributed by atoms with Gasteiger partial charge in [-0.2, -0.15) is 0 Å². The first-order valence-electron chi connectivity index (χ1n) is 5.66. The van der Waals surface area contributed by atoms with Gasteiger partial charge in [-0.1, -0.05) is 13.3 Å². The lowest BCUT2D eigenvalue weighted by atomic mass is 9.94. The molecule has 0 aliphatic heterocycles. The Labute approximate surface area is 111 Å². The average Bonchev–Trinajstić information content (AvgIpc) is 2.63. The Morgan fingerprint density at radius 3 is 2.50 bits per heavy atom. The molecule has 1 aromatic rings. The molecule has 1 rings (SSSR count). The normalized spacial score (nSPS) is 15.4. The van der Waals surface area contributed by atoms with Gasteiger partial charge in [-0.05, 0) is 61.7 Å². The maximum atomic E-state index is 3.54. The summed E-state index contributed by atoms with van der Waals surface area (Å²) in [7, 11) is 6.35. The highest BCUT2D eigenvalue weighted by molar-refractivity contribution is 9.11. The van der Waals surface area contributed by atoms with Gasteiger partial charge in [-0.15, -0.1) is 11.3 Å². The maximum absolute atomic E-state index is 3.54. The summed E-state index contributed by atoms with van der Waals surface area (Å²) in [5, 5.41) is 3.30. The predicted molar refractivity (Wildman–Crippen MR) is 76.2 cm³/mol. The lowest BCUT2D eigenvalue weighted by Gasteiger charge is -2.31. The Balaban J connectivity index is 2.89. The number of thiophene rings is 1. The van der Waals surface area contributed by atoms with E-state index in [-0.39, 0.29) is 0 Å². The smallest absolute Gasteiger partial charge is 0.0701 e. The molecule has 2 atom stereocenters. The van der Waals surface area contributed by atoms with Crippen LogP contribution in [0.3, 0.4) is 0 Å². The van der Waals surface area contributed by atoms with Crippen LogP contribution in [0.2, 0.25) is 0 Å². The maximum Gasteiger partial charge on any atom is 0.0701 e. The first-order chi connectivity index (χ1) is 7.60. The fourth-order valence-corrected chi connectivity index (χ4v) is 3.85. The minimum Gasteiger partial charge on any atom is -0.319 e. The third-order valence-electron chi connectivity index (χ3n) is 2.88. The van der Waals surface area contributed by atoms with Crippen molar-refractivity contribution in [2.75, 3.05) is 27.7 Å². The van der Waals surface area contributed by atoms with E-state index in [9.17, 15) is 0 Å². The van der Waals surface area contributed by atoms with Crippen LogP contribution >= 0.6 is 27.3 Å². The summed E-state index contributed by atoms with van der Waals surface area (Å²) in [6, 6.07) is 4.88. The molecule has 16 heavy (non-hydrogen) atoms. The molecule has 1 heterocycles. The molecule has 0 aliphatic rings. The predicted octanol–water partition coefficient (Wildman–Crippen LogP) is 3.36. The van der Waals surface area contributed by atoms with Crippen LogP contribution in [0, 0.1) is 5.92 Å². The van der Waals surface area contributed by atoms with Gasteiger partial charge >= 0.3 is 0 Å². The van der Waals surface area contributed by atoms with Crippen LogP contribution in [-0.4, -0.2) is 32.6 Å². The van der Waals surface area contributed by atoms with Gasteiger partial charge in [0.2, 0.25) is 0 Å². The Bertz CT molecular complexity index is 312. The third kappa shape index (κ3) is 3.55. The molecular weight excluding hydrogens is 284 g/mol. The Morgan fingerprint density at radius 2 is 2.12 bits per heavy atom. The zero-order valence-corrected chi connectivity index (χ0v) is 12.9. The van der Waals surface area contributed by atoms with Crippen LogP contribution in [0.1, 0.15) is 24.3 Å². The SMILES string of the molecule is CCC(CNC)C(c1ccc(Br)s1)N(C)C. The first kappa shape index (κ1) is 14.2. The summed E-state index contributed by atoms with van der Waals surface area (Å²) in [4.78, 5) is 3.77. The van der Waals surface area contributed by atoms with Crippen molar-refractivity contribution >= 4 is 27.3 Å². The van der Waals surface area contributed by atoms with Gasteiger partial charge < -0.3 is 10.2 Å². The van der Waals surface area contributed by atoms with Crippen LogP contribution in [-0.2, 0) is 0 Å². The number of nitrogens with zero attached hydrogens (tertiary/aromatic N) is 1. The highest BCUT2D eigenvalue weighted by Gasteiger charge is 2.24. The highest BCUT2D eigenvalue weighted by atomic mass is 79.9. The molecule has 92 valence electrons. The van der Waals surface area contributed by atoms with Crippen molar-refractivity contribution in [1.29, 1.82) is 0 Å². The molecule has 2 nitrogen and oxygen atoms in total. The molecule has 0 spiro atoms. The molecular formula is C12H21BrN2S. The molecule has 1 N–H and O–H groups in total. The minimum absolute atomic E-state index is 0.508. The van der Waals surface area contributed by atoms with Gasteiger partial charge in [-0.3, -0.25) is 0 Å². The second-order valence-electron chi connectivity index (χ2n) is 4.28. The molecule has 2 unspecified atom stereocenters. The monoisotopic (exact) mass is 304 g/mol. The summed E-state index contributed by atoms with van der Waals surface area (Å²) in [6.45, 7) is 3.33. The molecule has 0 saturated heterocycles. The summed E-state index contributed by atoms with van der Waals surface area (Å²) in [6.07, 6.45) is 1.19. The van der Waals surface area contributed by atoms with Crippen molar-refractivity contribution in [3.8, 4) is 0 Å². The van der Waals surface area contributed by atoms with Crippen molar-refractivity contribution in [3.63, 3.8) is 0 Å². The topological polar surface area (TPSA) is 15.3 Å². The van der Waals surface area contributed by atoms with Crippen molar-refractivity contribution in [2.24, 2.45) is 5.92 Å². The Morgan fingerprint density at radius 1 is 1.44 bits per heavy atom. The lowest BCUT2D eigenvalue weighted by Crippen LogP contribution is -2.32. The average molecular weight is 305 g/mol. The van der Waals surface area contributed by atoms with E-state index in [2.05, 4.69) is 59.3 Å². The fraction of sp³-hybridized carbons (Fsp3) is 0.667. The van der Waals surface area contributed by atoms with Gasteiger partial charge in [0.15, 0.2) is 0 Å².